The first kappa shape index (κ1) is 11.1. The van der Waals surface area contributed by atoms with Crippen LogP contribution in [-0.2, 0) is 9.84 Å². The maximum Gasteiger partial charge on any atom is 0.243 e. The largest absolute Gasteiger partial charge is 0.338 e. The lowest BCUT2D eigenvalue weighted by Gasteiger charge is -2.01. The van der Waals surface area contributed by atoms with E-state index in [1.807, 2.05) is 0 Å². The van der Waals surface area contributed by atoms with E-state index in [2.05, 4.69) is 10.1 Å². The third-order valence-corrected chi connectivity index (χ3v) is 3.35. The van der Waals surface area contributed by atoms with Gasteiger partial charge in [-0.1, -0.05) is 5.16 Å². The lowest BCUT2D eigenvalue weighted by Crippen LogP contribution is -2.10. The molecule has 0 saturated carbocycles. The smallest absolute Gasteiger partial charge is 0.243 e. The molecule has 0 aliphatic heterocycles. The Morgan fingerprint density at radius 2 is 2.00 bits per heavy atom. The fraction of sp³-hybridized carbons (Fsp3) is 0.714. The van der Waals surface area contributed by atoms with Gasteiger partial charge in [0.15, 0.2) is 15.7 Å². The first-order valence-corrected chi connectivity index (χ1v) is 6.05. The Bertz CT molecular complexity index is 410. The molecule has 0 aliphatic carbocycles. The monoisotopic (exact) mass is 219 g/mol. The van der Waals surface area contributed by atoms with Crippen LogP contribution < -0.4 is 5.73 Å². The van der Waals surface area contributed by atoms with Crippen molar-refractivity contribution >= 4 is 9.84 Å². The summed E-state index contributed by atoms with van der Waals surface area (Å²) in [5.74, 6) is 0.398. The third-order valence-electron chi connectivity index (χ3n) is 1.85. The summed E-state index contributed by atoms with van der Waals surface area (Å²) in [6.45, 7) is 3.19. The Kier molecular flexibility index (Phi) is 2.91. The van der Waals surface area contributed by atoms with Crippen LogP contribution in [-0.4, -0.2) is 24.8 Å². The van der Waals surface area contributed by atoms with Gasteiger partial charge in [-0.05, 0) is 13.8 Å². The molecule has 1 aromatic rings. The van der Waals surface area contributed by atoms with Crippen LogP contribution in [0.4, 0.5) is 0 Å². The number of nitrogens with two attached hydrogens (primary N) is 1. The van der Waals surface area contributed by atoms with E-state index in [4.69, 9.17) is 10.3 Å². The van der Waals surface area contributed by atoms with Crippen molar-refractivity contribution in [1.29, 1.82) is 0 Å². The summed E-state index contributed by atoms with van der Waals surface area (Å²) in [7, 11) is -3.19. The molecule has 0 saturated heterocycles. The molecule has 0 bridgehead atoms. The molecule has 0 aliphatic rings. The van der Waals surface area contributed by atoms with Gasteiger partial charge in [-0.2, -0.15) is 4.98 Å². The molecule has 0 amide bonds. The van der Waals surface area contributed by atoms with Gasteiger partial charge < -0.3 is 10.3 Å². The molecule has 2 atom stereocenters. The molecule has 14 heavy (non-hydrogen) atoms. The summed E-state index contributed by atoms with van der Waals surface area (Å²) in [6.07, 6.45) is 1.12. The minimum Gasteiger partial charge on any atom is -0.338 e. The van der Waals surface area contributed by atoms with E-state index >= 15 is 0 Å². The average Bonchev–Trinajstić information content (AvgIpc) is 2.48. The number of rotatable bonds is 3. The molecule has 0 fully saturated rings. The Labute approximate surface area is 82.4 Å². The van der Waals surface area contributed by atoms with E-state index in [9.17, 15) is 8.42 Å². The Hall–Kier alpha value is -0.950. The summed E-state index contributed by atoms with van der Waals surface area (Å²) in [5, 5.41) is 2.79. The van der Waals surface area contributed by atoms with Gasteiger partial charge in [0.1, 0.15) is 5.25 Å². The van der Waals surface area contributed by atoms with Crippen molar-refractivity contribution in [3.05, 3.63) is 11.7 Å². The first-order valence-electron chi connectivity index (χ1n) is 4.10. The third kappa shape index (κ3) is 2.30. The predicted octanol–water partition coefficient (Wildman–Crippen LogP) is 0.195. The van der Waals surface area contributed by atoms with Crippen molar-refractivity contribution in [2.75, 3.05) is 6.26 Å². The van der Waals surface area contributed by atoms with Crippen LogP contribution in [0.3, 0.4) is 0 Å². The van der Waals surface area contributed by atoms with Crippen molar-refractivity contribution < 1.29 is 12.9 Å². The molecule has 2 N–H and O–H groups in total. The standard InChI is InChI=1S/C7H13N3O3S/c1-4(8)7-9-6(10-13-7)5(2)14(3,11)12/h4-5H,8H2,1-3H3. The zero-order chi connectivity index (χ0) is 10.9. The molecule has 0 aromatic carbocycles. The molecule has 0 spiro atoms. The summed E-state index contributed by atoms with van der Waals surface area (Å²) >= 11 is 0. The molecule has 1 heterocycles. The summed E-state index contributed by atoms with van der Waals surface area (Å²) in [5.41, 5.74) is 5.49. The average molecular weight is 219 g/mol. The second-order valence-electron chi connectivity index (χ2n) is 3.25. The van der Waals surface area contributed by atoms with Gasteiger partial charge >= 0.3 is 0 Å². The fourth-order valence-corrected chi connectivity index (χ4v) is 1.27. The van der Waals surface area contributed by atoms with Gasteiger partial charge in [0, 0.05) is 6.26 Å². The lowest BCUT2D eigenvalue weighted by atomic mass is 10.4. The minimum atomic E-state index is -3.19. The van der Waals surface area contributed by atoms with Crippen LogP contribution in [0, 0.1) is 0 Å². The van der Waals surface area contributed by atoms with E-state index in [-0.39, 0.29) is 17.8 Å². The highest BCUT2D eigenvalue weighted by molar-refractivity contribution is 7.90. The molecule has 0 radical (unpaired) electrons. The molecule has 80 valence electrons. The molecule has 2 unspecified atom stereocenters. The highest BCUT2D eigenvalue weighted by atomic mass is 32.2. The van der Waals surface area contributed by atoms with Crippen molar-refractivity contribution in [2.24, 2.45) is 5.73 Å². The van der Waals surface area contributed by atoms with Gasteiger partial charge in [0.2, 0.25) is 5.89 Å². The molecule has 1 rings (SSSR count). The number of hydrogen-bond acceptors (Lipinski definition) is 6. The summed E-state index contributed by atoms with van der Waals surface area (Å²) < 4.78 is 27.1. The summed E-state index contributed by atoms with van der Waals surface area (Å²) in [6, 6.07) is -0.386. The Morgan fingerprint density at radius 1 is 1.43 bits per heavy atom. The van der Waals surface area contributed by atoms with Crippen LogP contribution in [0.2, 0.25) is 0 Å². The quantitative estimate of drug-likeness (QED) is 0.779. The van der Waals surface area contributed by atoms with Crippen LogP contribution in [0.25, 0.3) is 0 Å². The van der Waals surface area contributed by atoms with Crippen LogP contribution >= 0.6 is 0 Å². The number of sulfone groups is 1. The normalized spacial score (nSPS) is 16.6. The number of aromatic nitrogens is 2. The van der Waals surface area contributed by atoms with Crippen molar-refractivity contribution in [3.8, 4) is 0 Å². The van der Waals surface area contributed by atoms with E-state index < -0.39 is 15.1 Å². The maximum absolute atomic E-state index is 11.2. The van der Waals surface area contributed by atoms with Crippen LogP contribution in [0.5, 0.6) is 0 Å². The highest BCUT2D eigenvalue weighted by Gasteiger charge is 2.23. The topological polar surface area (TPSA) is 99.1 Å². The van der Waals surface area contributed by atoms with Gasteiger partial charge in [-0.15, -0.1) is 0 Å². The second kappa shape index (κ2) is 3.66. The number of nitrogens with zero attached hydrogens (tertiary/aromatic N) is 2. The van der Waals surface area contributed by atoms with Gasteiger partial charge in [0.25, 0.3) is 0 Å². The van der Waals surface area contributed by atoms with E-state index in [1.54, 1.807) is 6.92 Å². The second-order valence-corrected chi connectivity index (χ2v) is 5.62. The van der Waals surface area contributed by atoms with Gasteiger partial charge in [0.05, 0.1) is 6.04 Å². The SMILES string of the molecule is CC(N)c1nc(C(C)S(C)(=O)=O)no1. The maximum atomic E-state index is 11.2. The molecular weight excluding hydrogens is 206 g/mol. The lowest BCUT2D eigenvalue weighted by molar-refractivity contribution is 0.357. The van der Waals surface area contributed by atoms with E-state index in [0.717, 1.165) is 6.26 Å². The van der Waals surface area contributed by atoms with Gasteiger partial charge in [-0.3, -0.25) is 0 Å². The Morgan fingerprint density at radius 3 is 2.36 bits per heavy atom. The predicted molar refractivity (Wildman–Crippen MR) is 50.2 cm³/mol. The van der Waals surface area contributed by atoms with Crippen LogP contribution in [0.1, 0.15) is 36.9 Å². The molecule has 7 heteroatoms. The highest BCUT2D eigenvalue weighted by Crippen LogP contribution is 2.18. The zero-order valence-electron chi connectivity index (χ0n) is 8.26. The fourth-order valence-electron chi connectivity index (χ4n) is 0.789. The minimum absolute atomic E-state index is 0.153. The molecular formula is C7H13N3O3S. The molecule has 1 aromatic heterocycles. The first-order chi connectivity index (χ1) is 6.32. The zero-order valence-corrected chi connectivity index (χ0v) is 9.08. The van der Waals surface area contributed by atoms with Crippen molar-refractivity contribution in [1.82, 2.24) is 10.1 Å². The van der Waals surface area contributed by atoms with Crippen molar-refractivity contribution in [2.45, 2.75) is 25.1 Å². The Balaban J connectivity index is 2.98. The number of hydrogen-bond donors (Lipinski definition) is 1. The van der Waals surface area contributed by atoms with Gasteiger partial charge in [-0.25, -0.2) is 8.42 Å². The molecule has 6 nitrogen and oxygen atoms in total. The van der Waals surface area contributed by atoms with Crippen LogP contribution in [0.15, 0.2) is 4.52 Å². The van der Waals surface area contributed by atoms with E-state index in [0.29, 0.717) is 0 Å². The van der Waals surface area contributed by atoms with E-state index in [1.165, 1.54) is 6.92 Å². The van der Waals surface area contributed by atoms with Crippen molar-refractivity contribution in [3.63, 3.8) is 0 Å². The summed E-state index contributed by atoms with van der Waals surface area (Å²) in [4.78, 5) is 3.89.